The van der Waals surface area contributed by atoms with Crippen molar-refractivity contribution in [2.75, 3.05) is 31.2 Å². The van der Waals surface area contributed by atoms with E-state index < -0.39 is 0 Å². The van der Waals surface area contributed by atoms with Gasteiger partial charge in [0.2, 0.25) is 0 Å². The van der Waals surface area contributed by atoms with Gasteiger partial charge in [0, 0.05) is 19.3 Å². The summed E-state index contributed by atoms with van der Waals surface area (Å²) in [7, 11) is 0. The highest BCUT2D eigenvalue weighted by atomic mass is 16.3. The Balaban J connectivity index is 0.000000921. The monoisotopic (exact) mass is 210 g/mol. The summed E-state index contributed by atoms with van der Waals surface area (Å²) < 4.78 is 0. The Bertz CT molecular complexity index is 236. The van der Waals surface area contributed by atoms with Crippen LogP contribution in [0.3, 0.4) is 0 Å². The summed E-state index contributed by atoms with van der Waals surface area (Å²) in [5.41, 5.74) is 0. The van der Waals surface area contributed by atoms with Gasteiger partial charge in [-0.1, -0.05) is 6.07 Å². The second-order valence-electron chi connectivity index (χ2n) is 2.62. The Morgan fingerprint density at radius 1 is 1.13 bits per heavy atom. The molecule has 0 spiro atoms. The second-order valence-corrected chi connectivity index (χ2v) is 2.62. The topological polar surface area (TPSA) is 56.6 Å². The van der Waals surface area contributed by atoms with Crippen LogP contribution in [0.2, 0.25) is 0 Å². The van der Waals surface area contributed by atoms with Gasteiger partial charge in [-0.15, -0.1) is 13.2 Å². The number of pyridine rings is 1. The van der Waals surface area contributed by atoms with E-state index in [1.54, 1.807) is 6.20 Å². The zero-order chi connectivity index (χ0) is 11.5. The summed E-state index contributed by atoms with van der Waals surface area (Å²) in [6.45, 7) is 7.13. The van der Waals surface area contributed by atoms with E-state index in [1.807, 2.05) is 23.1 Å². The van der Waals surface area contributed by atoms with Crippen molar-refractivity contribution in [2.45, 2.75) is 0 Å². The second kappa shape index (κ2) is 9.18. The molecule has 84 valence electrons. The van der Waals surface area contributed by atoms with E-state index in [-0.39, 0.29) is 13.2 Å². The maximum Gasteiger partial charge on any atom is 0.128 e. The van der Waals surface area contributed by atoms with Gasteiger partial charge in [-0.25, -0.2) is 4.98 Å². The van der Waals surface area contributed by atoms with Gasteiger partial charge in [-0.2, -0.15) is 0 Å². The van der Waals surface area contributed by atoms with E-state index >= 15 is 0 Å². The van der Waals surface area contributed by atoms with Crippen LogP contribution in [0.15, 0.2) is 37.6 Å². The SMILES string of the molecule is C=C.OCCN(CCO)c1ccccn1. The van der Waals surface area contributed by atoms with Crippen LogP contribution in [-0.2, 0) is 0 Å². The number of anilines is 1. The number of aliphatic hydroxyl groups excluding tert-OH is 2. The van der Waals surface area contributed by atoms with Crippen molar-refractivity contribution in [3.8, 4) is 0 Å². The highest BCUT2D eigenvalue weighted by Gasteiger charge is 2.04. The van der Waals surface area contributed by atoms with Crippen LogP contribution in [0.4, 0.5) is 5.82 Å². The molecular weight excluding hydrogens is 192 g/mol. The molecule has 0 atom stereocenters. The molecule has 4 heteroatoms. The summed E-state index contributed by atoms with van der Waals surface area (Å²) in [6.07, 6.45) is 1.69. The minimum atomic E-state index is 0.0660. The molecule has 0 saturated heterocycles. The van der Waals surface area contributed by atoms with Crippen LogP contribution in [0.1, 0.15) is 0 Å². The maximum absolute atomic E-state index is 8.77. The van der Waals surface area contributed by atoms with Gasteiger partial charge in [0.05, 0.1) is 13.2 Å². The van der Waals surface area contributed by atoms with E-state index in [2.05, 4.69) is 18.1 Å². The average molecular weight is 210 g/mol. The smallest absolute Gasteiger partial charge is 0.128 e. The third-order valence-electron chi connectivity index (χ3n) is 1.71. The zero-order valence-corrected chi connectivity index (χ0v) is 8.84. The molecule has 0 radical (unpaired) electrons. The molecule has 0 amide bonds. The minimum absolute atomic E-state index is 0.0660. The summed E-state index contributed by atoms with van der Waals surface area (Å²) in [5, 5.41) is 17.5. The first kappa shape index (κ1) is 13.6. The number of hydrogen-bond acceptors (Lipinski definition) is 4. The quantitative estimate of drug-likeness (QED) is 0.701. The fourth-order valence-electron chi connectivity index (χ4n) is 1.12. The van der Waals surface area contributed by atoms with Crippen molar-refractivity contribution in [3.05, 3.63) is 37.6 Å². The van der Waals surface area contributed by atoms with E-state index in [4.69, 9.17) is 10.2 Å². The van der Waals surface area contributed by atoms with Crippen molar-refractivity contribution in [1.29, 1.82) is 0 Å². The van der Waals surface area contributed by atoms with E-state index in [0.717, 1.165) is 5.82 Å². The number of rotatable bonds is 5. The van der Waals surface area contributed by atoms with Crippen LogP contribution in [-0.4, -0.2) is 41.5 Å². The molecule has 0 aliphatic carbocycles. The lowest BCUT2D eigenvalue weighted by Gasteiger charge is -2.21. The van der Waals surface area contributed by atoms with E-state index in [9.17, 15) is 0 Å². The normalized spacial score (nSPS) is 8.93. The van der Waals surface area contributed by atoms with Crippen LogP contribution >= 0.6 is 0 Å². The predicted molar refractivity (Wildman–Crippen MR) is 61.9 cm³/mol. The highest BCUT2D eigenvalue weighted by molar-refractivity contribution is 5.37. The first-order valence-electron chi connectivity index (χ1n) is 4.76. The Hall–Kier alpha value is -1.39. The zero-order valence-electron chi connectivity index (χ0n) is 8.84. The third kappa shape index (κ3) is 5.15. The van der Waals surface area contributed by atoms with E-state index in [1.165, 1.54) is 0 Å². The molecule has 2 N–H and O–H groups in total. The number of aliphatic hydroxyl groups is 2. The molecule has 0 aromatic carbocycles. The first-order chi connectivity index (χ1) is 7.38. The summed E-state index contributed by atoms with van der Waals surface area (Å²) >= 11 is 0. The Labute approximate surface area is 90.5 Å². The lowest BCUT2D eigenvalue weighted by Crippen LogP contribution is -2.30. The van der Waals surface area contributed by atoms with Crippen LogP contribution in [0, 0.1) is 0 Å². The molecule has 1 aromatic rings. The van der Waals surface area contributed by atoms with E-state index in [0.29, 0.717) is 13.1 Å². The molecule has 0 fully saturated rings. The Kier molecular flexibility index (Phi) is 8.33. The van der Waals surface area contributed by atoms with Crippen molar-refractivity contribution >= 4 is 5.82 Å². The van der Waals surface area contributed by atoms with Gasteiger partial charge >= 0.3 is 0 Å². The van der Waals surface area contributed by atoms with Crippen molar-refractivity contribution < 1.29 is 10.2 Å². The van der Waals surface area contributed by atoms with Gasteiger partial charge in [0.25, 0.3) is 0 Å². The van der Waals surface area contributed by atoms with Gasteiger partial charge in [-0.05, 0) is 12.1 Å². The van der Waals surface area contributed by atoms with Crippen molar-refractivity contribution in [2.24, 2.45) is 0 Å². The predicted octanol–water partition coefficient (Wildman–Crippen LogP) is 0.675. The molecule has 4 nitrogen and oxygen atoms in total. The molecule has 0 aliphatic rings. The van der Waals surface area contributed by atoms with Crippen molar-refractivity contribution in [1.82, 2.24) is 4.98 Å². The van der Waals surface area contributed by atoms with Gasteiger partial charge in [0.15, 0.2) is 0 Å². The lowest BCUT2D eigenvalue weighted by atomic mass is 10.4. The largest absolute Gasteiger partial charge is 0.395 e. The Morgan fingerprint density at radius 2 is 1.73 bits per heavy atom. The number of hydrogen-bond donors (Lipinski definition) is 2. The van der Waals surface area contributed by atoms with Crippen LogP contribution < -0.4 is 4.90 Å². The fraction of sp³-hybridized carbons (Fsp3) is 0.364. The highest BCUT2D eigenvalue weighted by Crippen LogP contribution is 2.07. The van der Waals surface area contributed by atoms with Gasteiger partial charge < -0.3 is 15.1 Å². The average Bonchev–Trinajstić information content (AvgIpc) is 2.33. The summed E-state index contributed by atoms with van der Waals surface area (Å²) in [4.78, 5) is 5.95. The van der Waals surface area contributed by atoms with Gasteiger partial charge in [-0.3, -0.25) is 0 Å². The molecule has 15 heavy (non-hydrogen) atoms. The van der Waals surface area contributed by atoms with Crippen LogP contribution in [0.5, 0.6) is 0 Å². The molecule has 0 aliphatic heterocycles. The molecule has 1 rings (SSSR count). The number of aromatic nitrogens is 1. The number of nitrogens with zero attached hydrogens (tertiary/aromatic N) is 2. The standard InChI is InChI=1S/C9H14N2O2.C2H4/c12-7-5-11(6-8-13)9-3-1-2-4-10-9;1-2/h1-4,12-13H,5-8H2;1-2H2. The van der Waals surface area contributed by atoms with Crippen LogP contribution in [0.25, 0.3) is 0 Å². The van der Waals surface area contributed by atoms with Crippen molar-refractivity contribution in [3.63, 3.8) is 0 Å². The third-order valence-corrected chi connectivity index (χ3v) is 1.71. The molecular formula is C11H18N2O2. The minimum Gasteiger partial charge on any atom is -0.395 e. The first-order valence-corrected chi connectivity index (χ1v) is 4.76. The molecule has 1 heterocycles. The fourth-order valence-corrected chi connectivity index (χ4v) is 1.12. The summed E-state index contributed by atoms with van der Waals surface area (Å²) in [5.74, 6) is 0.783. The summed E-state index contributed by atoms with van der Waals surface area (Å²) in [6, 6.07) is 5.56. The molecule has 1 aromatic heterocycles. The molecule has 0 saturated carbocycles. The Morgan fingerprint density at radius 3 is 2.13 bits per heavy atom. The molecule has 0 bridgehead atoms. The maximum atomic E-state index is 8.77. The van der Waals surface area contributed by atoms with Gasteiger partial charge in [0.1, 0.15) is 5.82 Å². The molecule has 0 unspecified atom stereocenters. The lowest BCUT2D eigenvalue weighted by molar-refractivity contribution is 0.280.